The first kappa shape index (κ1) is 23.2. The molecule has 0 bridgehead atoms. The van der Waals surface area contributed by atoms with Crippen molar-refractivity contribution in [1.29, 1.82) is 0 Å². The number of halogens is 1. The topological polar surface area (TPSA) is 58.1 Å². The standard InChI is InChI=1S/C20H38N4O2.HI/c1-14(2)25-13-11-24-9-6-15(7-10-24)22-19(21-5)23-17-16-8-12-26-18(16)20(17,3)4;/h14-18H,6-13H2,1-5H3,(H2,21,22,23);1H. The maximum absolute atomic E-state index is 5.91. The van der Waals surface area contributed by atoms with Gasteiger partial charge in [-0.3, -0.25) is 4.99 Å². The minimum absolute atomic E-state index is 0. The Labute approximate surface area is 182 Å². The summed E-state index contributed by atoms with van der Waals surface area (Å²) in [6.07, 6.45) is 4.22. The van der Waals surface area contributed by atoms with E-state index in [1.807, 2.05) is 7.05 Å². The van der Waals surface area contributed by atoms with E-state index in [2.05, 4.69) is 48.2 Å². The predicted octanol–water partition coefficient (Wildman–Crippen LogP) is 2.47. The highest BCUT2D eigenvalue weighted by Crippen LogP contribution is 2.52. The zero-order valence-electron chi connectivity index (χ0n) is 17.7. The molecule has 6 nitrogen and oxygen atoms in total. The number of likely N-dealkylation sites (tertiary alicyclic amines) is 1. The van der Waals surface area contributed by atoms with Gasteiger partial charge in [0.2, 0.25) is 0 Å². The van der Waals surface area contributed by atoms with Crippen molar-refractivity contribution in [2.45, 2.75) is 71.2 Å². The molecule has 27 heavy (non-hydrogen) atoms. The molecule has 1 saturated carbocycles. The predicted molar refractivity (Wildman–Crippen MR) is 121 cm³/mol. The molecule has 0 aromatic rings. The Morgan fingerprint density at radius 2 is 1.93 bits per heavy atom. The van der Waals surface area contributed by atoms with Crippen LogP contribution in [0.4, 0.5) is 0 Å². The minimum atomic E-state index is 0. The third kappa shape index (κ3) is 5.48. The van der Waals surface area contributed by atoms with E-state index in [0.717, 1.165) is 51.6 Å². The van der Waals surface area contributed by atoms with Gasteiger partial charge in [-0.15, -0.1) is 24.0 Å². The van der Waals surface area contributed by atoms with E-state index in [1.54, 1.807) is 0 Å². The highest BCUT2D eigenvalue weighted by Gasteiger charge is 2.59. The van der Waals surface area contributed by atoms with Gasteiger partial charge < -0.3 is 25.0 Å². The fraction of sp³-hybridized carbons (Fsp3) is 0.950. The highest BCUT2D eigenvalue weighted by molar-refractivity contribution is 14.0. The molecule has 3 aliphatic rings. The van der Waals surface area contributed by atoms with E-state index in [-0.39, 0.29) is 29.4 Å². The molecule has 0 amide bonds. The first-order valence-electron chi connectivity index (χ1n) is 10.4. The van der Waals surface area contributed by atoms with Crippen LogP contribution in [0.3, 0.4) is 0 Å². The number of fused-ring (bicyclic) bond motifs is 1. The summed E-state index contributed by atoms with van der Waals surface area (Å²) in [6.45, 7) is 13.8. The SMILES string of the molecule is CN=C(NC1CCN(CCOC(C)C)CC1)NC1C2CCOC2C1(C)C.I. The number of nitrogens with one attached hydrogen (secondary N) is 2. The lowest BCUT2D eigenvalue weighted by molar-refractivity contribution is -0.106. The van der Waals surface area contributed by atoms with E-state index in [1.165, 1.54) is 6.42 Å². The molecule has 0 spiro atoms. The molecule has 3 atom stereocenters. The second-order valence-corrected chi connectivity index (χ2v) is 8.94. The lowest BCUT2D eigenvalue weighted by Gasteiger charge is -2.55. The van der Waals surface area contributed by atoms with Crippen LogP contribution >= 0.6 is 24.0 Å². The summed E-state index contributed by atoms with van der Waals surface area (Å²) in [5, 5.41) is 7.35. The van der Waals surface area contributed by atoms with Crippen LogP contribution in [-0.2, 0) is 9.47 Å². The number of hydrogen-bond acceptors (Lipinski definition) is 4. The summed E-state index contributed by atoms with van der Waals surface area (Å²) < 4.78 is 11.6. The van der Waals surface area contributed by atoms with Gasteiger partial charge in [-0.05, 0) is 33.1 Å². The number of guanidine groups is 1. The Bertz CT molecular complexity index is 492. The Kier molecular flexibility index (Phi) is 8.64. The summed E-state index contributed by atoms with van der Waals surface area (Å²) >= 11 is 0. The van der Waals surface area contributed by atoms with Gasteiger partial charge in [0.25, 0.3) is 0 Å². The lowest BCUT2D eigenvalue weighted by atomic mass is 9.57. The second-order valence-electron chi connectivity index (χ2n) is 8.94. The number of aliphatic imine (C=N–C) groups is 1. The molecule has 0 aromatic carbocycles. The van der Waals surface area contributed by atoms with Crippen molar-refractivity contribution in [3.05, 3.63) is 0 Å². The van der Waals surface area contributed by atoms with E-state index >= 15 is 0 Å². The highest BCUT2D eigenvalue weighted by atomic mass is 127. The molecule has 2 saturated heterocycles. The molecule has 158 valence electrons. The minimum Gasteiger partial charge on any atom is -0.377 e. The summed E-state index contributed by atoms with van der Waals surface area (Å²) in [4.78, 5) is 7.00. The Hall–Kier alpha value is -0.120. The Morgan fingerprint density at radius 1 is 1.22 bits per heavy atom. The Morgan fingerprint density at radius 3 is 2.56 bits per heavy atom. The van der Waals surface area contributed by atoms with Crippen LogP contribution in [0.25, 0.3) is 0 Å². The van der Waals surface area contributed by atoms with Gasteiger partial charge in [-0.1, -0.05) is 13.8 Å². The molecular weight excluding hydrogens is 455 g/mol. The molecule has 2 heterocycles. The van der Waals surface area contributed by atoms with Crippen LogP contribution in [-0.4, -0.2) is 75.0 Å². The maximum atomic E-state index is 5.91. The van der Waals surface area contributed by atoms with Crippen molar-refractivity contribution < 1.29 is 9.47 Å². The fourth-order valence-electron chi connectivity index (χ4n) is 4.85. The number of hydrogen-bond donors (Lipinski definition) is 2. The zero-order valence-corrected chi connectivity index (χ0v) is 20.0. The first-order chi connectivity index (χ1) is 12.4. The molecule has 0 aromatic heterocycles. The van der Waals surface area contributed by atoms with E-state index in [9.17, 15) is 0 Å². The third-order valence-electron chi connectivity index (χ3n) is 6.40. The van der Waals surface area contributed by atoms with Gasteiger partial charge in [0.15, 0.2) is 5.96 Å². The van der Waals surface area contributed by atoms with Gasteiger partial charge in [0, 0.05) is 56.7 Å². The maximum Gasteiger partial charge on any atom is 0.191 e. The monoisotopic (exact) mass is 494 g/mol. The molecular formula is C20H39IN4O2. The summed E-state index contributed by atoms with van der Waals surface area (Å²) in [5.74, 6) is 1.58. The van der Waals surface area contributed by atoms with E-state index in [0.29, 0.717) is 30.2 Å². The molecule has 2 N–H and O–H groups in total. The second kappa shape index (κ2) is 10.1. The smallest absolute Gasteiger partial charge is 0.191 e. The van der Waals surface area contributed by atoms with Crippen LogP contribution in [0.15, 0.2) is 4.99 Å². The van der Waals surface area contributed by atoms with Crippen LogP contribution < -0.4 is 10.6 Å². The molecule has 3 unspecified atom stereocenters. The zero-order chi connectivity index (χ0) is 18.7. The molecule has 3 fully saturated rings. The normalized spacial score (nSPS) is 31.2. The van der Waals surface area contributed by atoms with Crippen molar-refractivity contribution in [1.82, 2.24) is 15.5 Å². The molecule has 7 heteroatoms. The summed E-state index contributed by atoms with van der Waals surface area (Å²) in [7, 11) is 1.88. The largest absolute Gasteiger partial charge is 0.377 e. The molecule has 1 aliphatic carbocycles. The van der Waals surface area contributed by atoms with Crippen molar-refractivity contribution in [3.63, 3.8) is 0 Å². The quantitative estimate of drug-likeness (QED) is 0.338. The van der Waals surface area contributed by atoms with Gasteiger partial charge >= 0.3 is 0 Å². The average Bonchev–Trinajstić information content (AvgIpc) is 3.06. The van der Waals surface area contributed by atoms with Gasteiger partial charge in [0.05, 0.1) is 18.8 Å². The molecule has 2 aliphatic heterocycles. The Balaban J connectivity index is 0.00000261. The van der Waals surface area contributed by atoms with Crippen molar-refractivity contribution >= 4 is 29.9 Å². The van der Waals surface area contributed by atoms with Gasteiger partial charge in [-0.25, -0.2) is 0 Å². The average molecular weight is 494 g/mol. The molecule has 3 rings (SSSR count). The van der Waals surface area contributed by atoms with Crippen molar-refractivity contribution in [2.24, 2.45) is 16.3 Å². The number of piperidine rings is 1. The van der Waals surface area contributed by atoms with Crippen LogP contribution in [0.2, 0.25) is 0 Å². The first-order valence-corrected chi connectivity index (χ1v) is 10.4. The summed E-state index contributed by atoms with van der Waals surface area (Å²) in [5.41, 5.74) is 0.179. The number of ether oxygens (including phenoxy) is 2. The van der Waals surface area contributed by atoms with Crippen LogP contribution in [0.1, 0.15) is 47.0 Å². The van der Waals surface area contributed by atoms with Crippen LogP contribution in [0.5, 0.6) is 0 Å². The lowest BCUT2D eigenvalue weighted by Crippen LogP contribution is -2.68. The number of rotatable bonds is 6. The third-order valence-corrected chi connectivity index (χ3v) is 6.40. The van der Waals surface area contributed by atoms with Gasteiger partial charge in [0.1, 0.15) is 0 Å². The van der Waals surface area contributed by atoms with Gasteiger partial charge in [-0.2, -0.15) is 0 Å². The van der Waals surface area contributed by atoms with Crippen molar-refractivity contribution in [3.8, 4) is 0 Å². The van der Waals surface area contributed by atoms with E-state index in [4.69, 9.17) is 9.47 Å². The van der Waals surface area contributed by atoms with E-state index < -0.39 is 0 Å². The fourth-order valence-corrected chi connectivity index (χ4v) is 4.85. The number of nitrogens with zero attached hydrogens (tertiary/aromatic N) is 2. The molecule has 0 radical (unpaired) electrons. The van der Waals surface area contributed by atoms with Crippen molar-refractivity contribution in [2.75, 3.05) is 39.9 Å². The van der Waals surface area contributed by atoms with Crippen LogP contribution in [0, 0.1) is 11.3 Å². The summed E-state index contributed by atoms with van der Waals surface area (Å²) in [6, 6.07) is 0.955.